The van der Waals surface area contributed by atoms with Gasteiger partial charge in [0, 0.05) is 45.1 Å². The maximum absolute atomic E-state index is 14.1. The molecule has 7 nitrogen and oxygen atoms in total. The van der Waals surface area contributed by atoms with Crippen LogP contribution < -0.4 is 10.1 Å². The summed E-state index contributed by atoms with van der Waals surface area (Å²) in [5.41, 5.74) is 1.22. The topological polar surface area (TPSA) is 71.1 Å². The summed E-state index contributed by atoms with van der Waals surface area (Å²) in [7, 11) is 1.56. The van der Waals surface area contributed by atoms with E-state index in [0.717, 1.165) is 0 Å². The van der Waals surface area contributed by atoms with Gasteiger partial charge in [-0.25, -0.2) is 13.6 Å². The average Bonchev–Trinajstić information content (AvgIpc) is 2.94. The lowest BCUT2D eigenvalue weighted by atomic mass is 9.82. The summed E-state index contributed by atoms with van der Waals surface area (Å²) in [4.78, 5) is 29.5. The molecule has 1 atom stereocenters. The highest BCUT2D eigenvalue weighted by atomic mass is 19.4. The lowest BCUT2D eigenvalue weighted by molar-refractivity contribution is -0.274. The molecule has 2 heterocycles. The van der Waals surface area contributed by atoms with Gasteiger partial charge < -0.3 is 19.3 Å². The highest BCUT2D eigenvalue weighted by molar-refractivity contribution is 5.89. The number of alkyl halides is 3. The average molecular weight is 604 g/mol. The highest BCUT2D eigenvalue weighted by Crippen LogP contribution is 2.44. The Morgan fingerprint density at radius 2 is 1.74 bits per heavy atom. The Kier molecular flexibility index (Phi) is 8.59. The zero-order chi connectivity index (χ0) is 30.8. The van der Waals surface area contributed by atoms with Crippen molar-refractivity contribution in [3.05, 3.63) is 95.1 Å². The van der Waals surface area contributed by atoms with E-state index in [4.69, 9.17) is 4.74 Å². The number of likely N-dealkylation sites (tertiary alicyclic amines) is 1. The summed E-state index contributed by atoms with van der Waals surface area (Å²) >= 11 is 0. The summed E-state index contributed by atoms with van der Waals surface area (Å²) in [6.45, 7) is 1.58. The standard InChI is InChI=1S/C31H30F5N3O4/c1-38(19-20-3-2-4-24(17-20)42-31(34,35)36)28(40)25(21-5-7-22(32)8-6-21)11-14-39-15-12-30(13-16-39)26-18-23(33)9-10-27(26)37-29(41)43-30/h2-10,17-18,25H,11-16,19H2,1H3,(H,37,41). The van der Waals surface area contributed by atoms with Gasteiger partial charge in [-0.3, -0.25) is 10.1 Å². The third-order valence-electron chi connectivity index (χ3n) is 7.89. The quantitative estimate of drug-likeness (QED) is 0.296. The molecule has 1 unspecified atom stereocenters. The van der Waals surface area contributed by atoms with Crippen molar-refractivity contribution in [2.45, 2.75) is 43.7 Å². The molecule has 3 aromatic rings. The second-order valence-corrected chi connectivity index (χ2v) is 10.8. The van der Waals surface area contributed by atoms with Gasteiger partial charge in [0.05, 0.1) is 11.6 Å². The van der Waals surface area contributed by atoms with E-state index in [1.807, 2.05) is 0 Å². The number of anilines is 1. The molecule has 2 amide bonds. The van der Waals surface area contributed by atoms with Gasteiger partial charge in [0.1, 0.15) is 23.0 Å². The van der Waals surface area contributed by atoms with Crippen molar-refractivity contribution < 1.29 is 41.0 Å². The summed E-state index contributed by atoms with van der Waals surface area (Å²) in [5, 5.41) is 2.62. The molecule has 0 radical (unpaired) electrons. The Balaban J connectivity index is 1.27. The molecule has 12 heteroatoms. The smallest absolute Gasteiger partial charge is 0.438 e. The van der Waals surface area contributed by atoms with Crippen LogP contribution in [0.1, 0.15) is 41.9 Å². The Morgan fingerprint density at radius 3 is 2.44 bits per heavy atom. The van der Waals surface area contributed by atoms with Crippen molar-refractivity contribution in [3.63, 3.8) is 0 Å². The van der Waals surface area contributed by atoms with Gasteiger partial charge in [-0.15, -0.1) is 13.2 Å². The Hall–Kier alpha value is -4.19. The molecule has 0 aliphatic carbocycles. The first kappa shape index (κ1) is 30.3. The molecule has 2 aliphatic heterocycles. The minimum absolute atomic E-state index is 0.0349. The first-order chi connectivity index (χ1) is 20.4. The molecule has 1 fully saturated rings. The van der Waals surface area contributed by atoms with Gasteiger partial charge in [-0.05, 0) is 66.6 Å². The minimum atomic E-state index is -4.84. The number of hydrogen-bond donors (Lipinski definition) is 1. The van der Waals surface area contributed by atoms with Crippen LogP contribution in [-0.2, 0) is 21.7 Å². The maximum Gasteiger partial charge on any atom is 0.573 e. The minimum Gasteiger partial charge on any atom is -0.438 e. The molecule has 1 saturated heterocycles. The van der Waals surface area contributed by atoms with Gasteiger partial charge in [0.15, 0.2) is 0 Å². The predicted octanol–water partition coefficient (Wildman–Crippen LogP) is 6.55. The van der Waals surface area contributed by atoms with E-state index in [1.54, 1.807) is 25.2 Å². The lowest BCUT2D eigenvalue weighted by Gasteiger charge is -2.44. The monoisotopic (exact) mass is 603 g/mol. The van der Waals surface area contributed by atoms with Crippen molar-refractivity contribution in [1.29, 1.82) is 0 Å². The van der Waals surface area contributed by atoms with Crippen molar-refractivity contribution >= 4 is 17.7 Å². The molecule has 1 spiro atoms. The van der Waals surface area contributed by atoms with Gasteiger partial charge in [0.2, 0.25) is 5.91 Å². The first-order valence-electron chi connectivity index (χ1n) is 13.8. The van der Waals surface area contributed by atoms with Gasteiger partial charge in [-0.1, -0.05) is 24.3 Å². The van der Waals surface area contributed by atoms with E-state index in [9.17, 15) is 31.5 Å². The fourth-order valence-electron chi connectivity index (χ4n) is 5.78. The number of ether oxygens (including phenoxy) is 2. The number of carbonyl (C=O) groups excluding carboxylic acids is 2. The van der Waals surface area contributed by atoms with Crippen LogP contribution in [0.5, 0.6) is 5.75 Å². The van der Waals surface area contributed by atoms with E-state index in [1.165, 1.54) is 53.4 Å². The zero-order valence-corrected chi connectivity index (χ0v) is 23.3. The predicted molar refractivity (Wildman–Crippen MR) is 147 cm³/mol. The van der Waals surface area contributed by atoms with Crippen LogP contribution in [-0.4, -0.2) is 54.8 Å². The largest absolute Gasteiger partial charge is 0.573 e. The summed E-state index contributed by atoms with van der Waals surface area (Å²) in [5.74, 6) is -2.18. The second kappa shape index (κ2) is 12.2. The summed E-state index contributed by atoms with van der Waals surface area (Å²) < 4.78 is 75.5. The Bertz CT molecular complexity index is 1470. The van der Waals surface area contributed by atoms with Crippen LogP contribution >= 0.6 is 0 Å². The SMILES string of the molecule is CN(Cc1cccc(OC(F)(F)F)c1)C(=O)C(CCN1CCC2(CC1)OC(=O)Nc1ccc(F)cc12)c1ccc(F)cc1. The third-order valence-corrected chi connectivity index (χ3v) is 7.89. The van der Waals surface area contributed by atoms with Crippen molar-refractivity contribution in [3.8, 4) is 5.75 Å². The molecule has 43 heavy (non-hydrogen) atoms. The van der Waals surface area contributed by atoms with Crippen LogP contribution in [0.3, 0.4) is 0 Å². The molecule has 2 aliphatic rings. The maximum atomic E-state index is 14.1. The molecule has 228 valence electrons. The van der Waals surface area contributed by atoms with Crippen LogP contribution in [0.25, 0.3) is 0 Å². The second-order valence-electron chi connectivity index (χ2n) is 10.8. The molecular weight excluding hydrogens is 573 g/mol. The van der Waals surface area contributed by atoms with Crippen LogP contribution in [0, 0.1) is 11.6 Å². The molecule has 0 aromatic heterocycles. The van der Waals surface area contributed by atoms with Crippen molar-refractivity contribution in [1.82, 2.24) is 9.80 Å². The van der Waals surface area contributed by atoms with E-state index >= 15 is 0 Å². The number of amides is 2. The van der Waals surface area contributed by atoms with Crippen molar-refractivity contribution in [2.24, 2.45) is 0 Å². The molecular formula is C31H30F5N3O4. The van der Waals surface area contributed by atoms with Crippen LogP contribution in [0.15, 0.2) is 66.7 Å². The molecule has 0 bridgehead atoms. The third kappa shape index (κ3) is 7.24. The van der Waals surface area contributed by atoms with Gasteiger partial charge >= 0.3 is 12.5 Å². The highest BCUT2D eigenvalue weighted by Gasteiger charge is 2.44. The number of benzene rings is 3. The summed E-state index contributed by atoms with van der Waals surface area (Å²) in [6.07, 6.45) is -4.18. The van der Waals surface area contributed by atoms with E-state index in [-0.39, 0.29) is 18.2 Å². The molecule has 5 rings (SSSR count). The van der Waals surface area contributed by atoms with E-state index in [0.29, 0.717) is 61.3 Å². The molecule has 1 N–H and O–H groups in total. The molecule has 3 aromatic carbocycles. The van der Waals surface area contributed by atoms with Crippen LogP contribution in [0.4, 0.5) is 32.4 Å². The Morgan fingerprint density at radius 1 is 1.05 bits per heavy atom. The number of carbonyl (C=O) groups is 2. The number of likely N-dealkylation sites (N-methyl/N-ethyl adjacent to an activating group) is 1. The number of fused-ring (bicyclic) bond motifs is 2. The normalized spacial score (nSPS) is 17.0. The van der Waals surface area contributed by atoms with Gasteiger partial charge in [0.25, 0.3) is 0 Å². The molecule has 0 saturated carbocycles. The zero-order valence-electron chi connectivity index (χ0n) is 23.3. The number of hydrogen-bond acceptors (Lipinski definition) is 5. The van der Waals surface area contributed by atoms with E-state index in [2.05, 4.69) is 15.0 Å². The number of halogens is 5. The summed E-state index contributed by atoms with van der Waals surface area (Å²) in [6, 6.07) is 15.3. The van der Waals surface area contributed by atoms with Crippen molar-refractivity contribution in [2.75, 3.05) is 32.0 Å². The fourth-order valence-corrected chi connectivity index (χ4v) is 5.78. The lowest BCUT2D eigenvalue weighted by Crippen LogP contribution is -2.48. The number of nitrogens with one attached hydrogen (secondary N) is 1. The number of nitrogens with zero attached hydrogens (tertiary/aromatic N) is 2. The number of rotatable bonds is 8. The Labute approximate surface area is 245 Å². The number of piperidine rings is 1. The first-order valence-corrected chi connectivity index (χ1v) is 13.8. The van der Waals surface area contributed by atoms with Crippen LogP contribution in [0.2, 0.25) is 0 Å². The van der Waals surface area contributed by atoms with E-state index < -0.39 is 35.6 Å². The fraction of sp³-hybridized carbons (Fsp3) is 0.355. The van der Waals surface area contributed by atoms with Gasteiger partial charge in [-0.2, -0.15) is 0 Å².